The molecular weight excluding hydrogens is 270 g/mol. The Bertz CT molecular complexity index is 500. The van der Waals surface area contributed by atoms with Gasteiger partial charge in [0.25, 0.3) is 0 Å². The summed E-state index contributed by atoms with van der Waals surface area (Å²) in [6.07, 6.45) is 2.73. The quantitative estimate of drug-likeness (QED) is 0.876. The minimum Gasteiger partial charge on any atom is -0.313 e. The molecule has 1 atom stereocenters. The summed E-state index contributed by atoms with van der Waals surface area (Å²) in [6, 6.07) is 5.96. The summed E-state index contributed by atoms with van der Waals surface area (Å²) in [4.78, 5) is 0. The molecule has 102 valence electrons. The van der Waals surface area contributed by atoms with Crippen molar-refractivity contribution >= 4 is 21.4 Å². The molecule has 3 nitrogen and oxygen atoms in total. The number of sulfone groups is 1. The minimum absolute atomic E-state index is 0.170. The Balaban J connectivity index is 2.71. The molecule has 18 heavy (non-hydrogen) atoms. The fourth-order valence-electron chi connectivity index (χ4n) is 2.04. The molecule has 0 radical (unpaired) electrons. The molecule has 5 heteroatoms. The summed E-state index contributed by atoms with van der Waals surface area (Å²) in [5.41, 5.74) is 2.30. The molecule has 0 aliphatic heterocycles. The summed E-state index contributed by atoms with van der Waals surface area (Å²) in [7, 11) is -0.988. The molecule has 0 spiro atoms. The van der Waals surface area contributed by atoms with E-state index in [0.29, 0.717) is 6.42 Å². The van der Waals surface area contributed by atoms with Crippen molar-refractivity contribution in [3.63, 3.8) is 0 Å². The Morgan fingerprint density at radius 1 is 1.39 bits per heavy atom. The van der Waals surface area contributed by atoms with Crippen LogP contribution in [-0.4, -0.2) is 27.5 Å². The van der Waals surface area contributed by atoms with Crippen LogP contribution in [0.25, 0.3) is 0 Å². The van der Waals surface area contributed by atoms with E-state index in [2.05, 4.69) is 5.32 Å². The van der Waals surface area contributed by atoms with E-state index in [1.54, 1.807) is 0 Å². The lowest BCUT2D eigenvalue weighted by molar-refractivity contribution is 0.534. The Kier molecular flexibility index (Phi) is 5.63. The second kappa shape index (κ2) is 6.55. The van der Waals surface area contributed by atoms with Crippen molar-refractivity contribution in [3.8, 4) is 0 Å². The third-order valence-corrected chi connectivity index (χ3v) is 4.23. The molecule has 1 unspecified atom stereocenters. The number of halogens is 1. The molecule has 0 saturated carbocycles. The third-order valence-electron chi connectivity index (χ3n) is 2.96. The van der Waals surface area contributed by atoms with Crippen LogP contribution in [0.15, 0.2) is 18.2 Å². The van der Waals surface area contributed by atoms with Crippen molar-refractivity contribution < 1.29 is 8.42 Å². The van der Waals surface area contributed by atoms with E-state index in [-0.39, 0.29) is 11.8 Å². The second-order valence-corrected chi connectivity index (χ2v) is 7.31. The molecule has 1 aromatic carbocycles. The zero-order valence-corrected chi connectivity index (χ0v) is 12.6. The molecule has 0 heterocycles. The van der Waals surface area contributed by atoms with E-state index in [4.69, 9.17) is 11.6 Å². The zero-order chi connectivity index (χ0) is 13.8. The summed E-state index contributed by atoms with van der Waals surface area (Å²) in [5.74, 6) is 0.234. The summed E-state index contributed by atoms with van der Waals surface area (Å²) >= 11 is 5.93. The normalized spacial score (nSPS) is 13.6. The van der Waals surface area contributed by atoms with E-state index in [0.717, 1.165) is 17.0 Å². The van der Waals surface area contributed by atoms with E-state index in [9.17, 15) is 8.42 Å². The highest BCUT2D eigenvalue weighted by Crippen LogP contribution is 2.24. The molecule has 1 aromatic rings. The average Bonchev–Trinajstić information content (AvgIpc) is 2.24. The second-order valence-electron chi connectivity index (χ2n) is 4.61. The molecule has 1 N–H and O–H groups in total. The minimum atomic E-state index is -2.88. The van der Waals surface area contributed by atoms with Crippen LogP contribution in [0.2, 0.25) is 5.02 Å². The topological polar surface area (TPSA) is 46.2 Å². The number of rotatable bonds is 6. The van der Waals surface area contributed by atoms with Gasteiger partial charge in [-0.3, -0.25) is 0 Å². The van der Waals surface area contributed by atoms with Gasteiger partial charge in [0, 0.05) is 23.1 Å². The fourth-order valence-corrected chi connectivity index (χ4v) is 2.95. The van der Waals surface area contributed by atoms with Gasteiger partial charge in [-0.05, 0) is 50.1 Å². The molecule has 0 saturated heterocycles. The predicted molar refractivity (Wildman–Crippen MR) is 76.9 cm³/mol. The lowest BCUT2D eigenvalue weighted by Crippen LogP contribution is -2.18. The number of nitrogens with one attached hydrogen (secondary N) is 1. The largest absolute Gasteiger partial charge is 0.313 e. The average molecular weight is 290 g/mol. The maximum absolute atomic E-state index is 11.1. The summed E-state index contributed by atoms with van der Waals surface area (Å²) in [5, 5.41) is 3.95. The van der Waals surface area contributed by atoms with E-state index < -0.39 is 9.84 Å². The Morgan fingerprint density at radius 2 is 2.06 bits per heavy atom. The van der Waals surface area contributed by atoms with Gasteiger partial charge in [0.05, 0.1) is 0 Å². The predicted octanol–water partition coefficient (Wildman–Crippen LogP) is 2.73. The van der Waals surface area contributed by atoms with Crippen molar-refractivity contribution in [3.05, 3.63) is 34.3 Å². The number of aryl methyl sites for hydroxylation is 1. The van der Waals surface area contributed by atoms with E-state index in [1.165, 1.54) is 11.8 Å². The number of hydrogen-bond donors (Lipinski definition) is 1. The van der Waals surface area contributed by atoms with Gasteiger partial charge < -0.3 is 5.32 Å². The maximum atomic E-state index is 11.1. The van der Waals surface area contributed by atoms with E-state index >= 15 is 0 Å². The highest BCUT2D eigenvalue weighted by molar-refractivity contribution is 7.90. The highest BCUT2D eigenvalue weighted by atomic mass is 35.5. The Hall–Kier alpha value is -0.580. The molecule has 0 amide bonds. The van der Waals surface area contributed by atoms with Crippen molar-refractivity contribution in [2.45, 2.75) is 25.8 Å². The third kappa shape index (κ3) is 4.96. The van der Waals surface area contributed by atoms with Gasteiger partial charge in [0.15, 0.2) is 0 Å². The lowest BCUT2D eigenvalue weighted by Gasteiger charge is -2.18. The van der Waals surface area contributed by atoms with Crippen LogP contribution in [0.1, 0.15) is 30.0 Å². The summed E-state index contributed by atoms with van der Waals surface area (Å²) < 4.78 is 22.2. The SMILES string of the molecule is CNC(CCCS(C)(=O)=O)c1ccc(Cl)cc1C. The van der Waals surface area contributed by atoms with Crippen molar-refractivity contribution in [2.75, 3.05) is 19.1 Å². The van der Waals surface area contributed by atoms with Crippen LogP contribution in [0, 0.1) is 6.92 Å². The van der Waals surface area contributed by atoms with Crippen molar-refractivity contribution in [1.29, 1.82) is 0 Å². The van der Waals surface area contributed by atoms with Gasteiger partial charge in [0.1, 0.15) is 9.84 Å². The first-order valence-electron chi connectivity index (χ1n) is 5.94. The van der Waals surface area contributed by atoms with Crippen LogP contribution in [0.3, 0.4) is 0 Å². The van der Waals surface area contributed by atoms with Gasteiger partial charge in [-0.15, -0.1) is 0 Å². The van der Waals surface area contributed by atoms with Crippen LogP contribution in [-0.2, 0) is 9.84 Å². The Labute approximate surface area is 114 Å². The van der Waals surface area contributed by atoms with Crippen molar-refractivity contribution in [1.82, 2.24) is 5.32 Å². The number of hydrogen-bond acceptors (Lipinski definition) is 3. The molecular formula is C13H20ClNO2S. The lowest BCUT2D eigenvalue weighted by atomic mass is 9.98. The smallest absolute Gasteiger partial charge is 0.147 e. The van der Waals surface area contributed by atoms with Crippen LogP contribution >= 0.6 is 11.6 Å². The first-order valence-corrected chi connectivity index (χ1v) is 8.38. The molecule has 0 aromatic heterocycles. The van der Waals surface area contributed by atoms with Crippen LogP contribution < -0.4 is 5.32 Å². The maximum Gasteiger partial charge on any atom is 0.147 e. The standard InChI is InChI=1S/C13H20ClNO2S/c1-10-9-11(14)6-7-12(10)13(15-2)5-4-8-18(3,16)17/h6-7,9,13,15H,4-5,8H2,1-3H3. The van der Waals surface area contributed by atoms with Gasteiger partial charge in [0.2, 0.25) is 0 Å². The summed E-state index contributed by atoms with van der Waals surface area (Å²) in [6.45, 7) is 2.02. The molecule has 0 bridgehead atoms. The van der Waals surface area contributed by atoms with E-state index in [1.807, 2.05) is 32.2 Å². The van der Waals surface area contributed by atoms with Crippen LogP contribution in [0.5, 0.6) is 0 Å². The molecule has 0 aliphatic carbocycles. The van der Waals surface area contributed by atoms with Gasteiger partial charge in [-0.1, -0.05) is 17.7 Å². The molecule has 1 rings (SSSR count). The zero-order valence-electron chi connectivity index (χ0n) is 11.0. The highest BCUT2D eigenvalue weighted by Gasteiger charge is 2.13. The van der Waals surface area contributed by atoms with Gasteiger partial charge in [-0.25, -0.2) is 8.42 Å². The van der Waals surface area contributed by atoms with Crippen molar-refractivity contribution in [2.24, 2.45) is 0 Å². The molecule has 0 fully saturated rings. The molecule has 0 aliphatic rings. The first kappa shape index (κ1) is 15.5. The van der Waals surface area contributed by atoms with Gasteiger partial charge >= 0.3 is 0 Å². The first-order chi connectivity index (χ1) is 8.33. The monoisotopic (exact) mass is 289 g/mol. The van der Waals surface area contributed by atoms with Gasteiger partial charge in [-0.2, -0.15) is 0 Å². The number of benzene rings is 1. The van der Waals surface area contributed by atoms with Crippen LogP contribution in [0.4, 0.5) is 0 Å². The fraction of sp³-hybridized carbons (Fsp3) is 0.538. The Morgan fingerprint density at radius 3 is 2.56 bits per heavy atom.